The topological polar surface area (TPSA) is 36.9 Å². The number of rotatable bonds is 4. The molecule has 7 heteroatoms. The number of nitrogens with two attached hydrogens (primary N) is 1. The molecule has 1 aliphatic heterocycles. The Balaban J connectivity index is 2.04. The lowest BCUT2D eigenvalue weighted by atomic mass is 10.1. The third-order valence-corrected chi connectivity index (χ3v) is 5.08. The van der Waals surface area contributed by atoms with Crippen LogP contribution < -0.4 is 10.2 Å². The molecule has 132 valence electrons. The van der Waals surface area contributed by atoms with E-state index < -0.39 is 11.7 Å². The molecule has 0 saturated carbocycles. The minimum atomic E-state index is -4.44. The van der Waals surface area contributed by atoms with Gasteiger partial charge in [0, 0.05) is 9.79 Å². The molecule has 3 rings (SSSR count). The summed E-state index contributed by atoms with van der Waals surface area (Å²) in [5.74, 6) is -0.196. The number of amides is 1. The molecular weight excluding hydrogens is 349 g/mol. The monoisotopic (exact) mass is 367 g/mol. The van der Waals surface area contributed by atoms with Crippen molar-refractivity contribution in [2.24, 2.45) is 0 Å². The maximum absolute atomic E-state index is 13.1. The van der Waals surface area contributed by atoms with Crippen molar-refractivity contribution in [3.63, 3.8) is 0 Å². The second kappa shape index (κ2) is 7.09. The normalized spacial score (nSPS) is 13.4. The third-order valence-electron chi connectivity index (χ3n) is 3.95. The van der Waals surface area contributed by atoms with Gasteiger partial charge in [0.1, 0.15) is 0 Å². The van der Waals surface area contributed by atoms with Crippen LogP contribution in [0.1, 0.15) is 18.9 Å². The zero-order chi connectivity index (χ0) is 18.0. The van der Waals surface area contributed by atoms with E-state index in [1.807, 2.05) is 24.4 Å². The summed E-state index contributed by atoms with van der Waals surface area (Å²) in [7, 11) is 0. The molecule has 25 heavy (non-hydrogen) atoms. The molecule has 0 aromatic heterocycles. The van der Waals surface area contributed by atoms with Gasteiger partial charge in [-0.3, -0.25) is 9.69 Å². The fraction of sp³-hybridized carbons (Fsp3) is 0.278. The van der Waals surface area contributed by atoms with E-state index in [1.54, 1.807) is 12.1 Å². The van der Waals surface area contributed by atoms with Crippen molar-refractivity contribution in [2.45, 2.75) is 29.3 Å². The summed E-state index contributed by atoms with van der Waals surface area (Å²) in [4.78, 5) is 15.7. The maximum atomic E-state index is 13.1. The first-order chi connectivity index (χ1) is 11.9. The number of fused-ring (bicyclic) bond motifs is 2. The Kier molecular flexibility index (Phi) is 5.06. The van der Waals surface area contributed by atoms with Crippen LogP contribution in [0.5, 0.6) is 0 Å². The first-order valence-electron chi connectivity index (χ1n) is 8.04. The lowest BCUT2D eigenvalue weighted by Crippen LogP contribution is -2.84. The standard InChI is InChI=1S/C18H17F3N2OS/c1-2-22-10-9-17(24)23-13-5-3-4-6-15(13)25-16-8-7-12(11-14(16)23)18(19,20)21/h3-8,11,22H,2,9-10H2,1H3/p+1. The summed E-state index contributed by atoms with van der Waals surface area (Å²) in [5.41, 5.74) is 0.199. The highest BCUT2D eigenvalue weighted by Gasteiger charge is 2.34. The Hall–Kier alpha value is -1.99. The minimum absolute atomic E-state index is 0.196. The maximum Gasteiger partial charge on any atom is 0.416 e. The van der Waals surface area contributed by atoms with Crippen molar-refractivity contribution in [1.82, 2.24) is 0 Å². The number of halogens is 3. The molecule has 3 nitrogen and oxygen atoms in total. The SMILES string of the molecule is CC[NH2+]CCC(=O)N1c2ccccc2Sc2ccc(C(F)(F)F)cc21. The second-order valence-electron chi connectivity index (χ2n) is 5.71. The van der Waals surface area contributed by atoms with Crippen LogP contribution in [-0.4, -0.2) is 19.0 Å². The van der Waals surface area contributed by atoms with Gasteiger partial charge < -0.3 is 5.32 Å². The molecule has 1 aliphatic rings. The van der Waals surface area contributed by atoms with Gasteiger partial charge in [-0.2, -0.15) is 13.2 Å². The van der Waals surface area contributed by atoms with E-state index in [1.165, 1.54) is 22.7 Å². The lowest BCUT2D eigenvalue weighted by Gasteiger charge is -2.31. The predicted octanol–water partition coefficient (Wildman–Crippen LogP) is 3.81. The molecule has 1 heterocycles. The van der Waals surface area contributed by atoms with Crippen molar-refractivity contribution < 1.29 is 23.3 Å². The van der Waals surface area contributed by atoms with Gasteiger partial charge in [-0.15, -0.1) is 0 Å². The molecule has 0 unspecified atom stereocenters. The number of quaternary nitrogens is 1. The molecule has 2 aromatic carbocycles. The molecule has 0 fully saturated rings. The fourth-order valence-electron chi connectivity index (χ4n) is 2.74. The summed E-state index contributed by atoms with van der Waals surface area (Å²) >= 11 is 1.38. The highest BCUT2D eigenvalue weighted by molar-refractivity contribution is 7.99. The highest BCUT2D eigenvalue weighted by Crippen LogP contribution is 2.49. The van der Waals surface area contributed by atoms with Crippen molar-refractivity contribution in [1.29, 1.82) is 0 Å². The summed E-state index contributed by atoms with van der Waals surface area (Å²) in [6, 6.07) is 10.9. The number of hydrogen-bond donors (Lipinski definition) is 1. The zero-order valence-corrected chi connectivity index (χ0v) is 14.5. The van der Waals surface area contributed by atoms with Crippen LogP contribution in [0.2, 0.25) is 0 Å². The largest absolute Gasteiger partial charge is 0.416 e. The quantitative estimate of drug-likeness (QED) is 0.835. The first kappa shape index (κ1) is 17.8. The van der Waals surface area contributed by atoms with Gasteiger partial charge in [-0.05, 0) is 37.3 Å². The fourth-order valence-corrected chi connectivity index (χ4v) is 3.78. The number of carbonyl (C=O) groups is 1. The van der Waals surface area contributed by atoms with Gasteiger partial charge >= 0.3 is 6.18 Å². The highest BCUT2D eigenvalue weighted by atomic mass is 32.2. The van der Waals surface area contributed by atoms with E-state index in [0.717, 1.165) is 23.6 Å². The van der Waals surface area contributed by atoms with Crippen LogP contribution in [0.15, 0.2) is 52.3 Å². The molecule has 0 spiro atoms. The zero-order valence-electron chi connectivity index (χ0n) is 13.6. The van der Waals surface area contributed by atoms with E-state index in [-0.39, 0.29) is 12.3 Å². The Morgan fingerprint density at radius 2 is 1.84 bits per heavy atom. The summed E-state index contributed by atoms with van der Waals surface area (Å²) in [6.07, 6.45) is -4.18. The Bertz CT molecular complexity index is 792. The van der Waals surface area contributed by atoms with Crippen LogP contribution in [0, 0.1) is 0 Å². The van der Waals surface area contributed by atoms with E-state index in [9.17, 15) is 18.0 Å². The number of hydrogen-bond acceptors (Lipinski definition) is 2. The van der Waals surface area contributed by atoms with Crippen LogP contribution >= 0.6 is 11.8 Å². The number of benzene rings is 2. The molecule has 2 N–H and O–H groups in total. The Morgan fingerprint density at radius 1 is 1.12 bits per heavy atom. The van der Waals surface area contributed by atoms with Gasteiger partial charge in [0.25, 0.3) is 0 Å². The van der Waals surface area contributed by atoms with Crippen LogP contribution in [0.3, 0.4) is 0 Å². The van der Waals surface area contributed by atoms with Crippen LogP contribution in [-0.2, 0) is 11.0 Å². The predicted molar refractivity (Wildman–Crippen MR) is 91.1 cm³/mol. The number of para-hydroxylation sites is 1. The Labute approximate surface area is 148 Å². The molecular formula is C18H18F3N2OS+. The van der Waals surface area contributed by atoms with Crippen molar-refractivity contribution >= 4 is 29.0 Å². The number of nitrogens with zero attached hydrogens (tertiary/aromatic N) is 1. The van der Waals surface area contributed by atoms with Crippen molar-refractivity contribution in [2.75, 3.05) is 18.0 Å². The summed E-state index contributed by atoms with van der Waals surface area (Å²) < 4.78 is 39.3. The van der Waals surface area contributed by atoms with E-state index >= 15 is 0 Å². The summed E-state index contributed by atoms with van der Waals surface area (Å²) in [5, 5.41) is 2.00. The van der Waals surface area contributed by atoms with Crippen LogP contribution in [0.4, 0.5) is 24.5 Å². The number of carbonyl (C=O) groups excluding carboxylic acids is 1. The number of anilines is 2. The summed E-state index contributed by atoms with van der Waals surface area (Å²) in [6.45, 7) is 3.45. The average Bonchev–Trinajstić information content (AvgIpc) is 2.58. The smallest absolute Gasteiger partial charge is 0.346 e. The molecule has 0 radical (unpaired) electrons. The molecule has 0 bridgehead atoms. The van der Waals surface area contributed by atoms with Gasteiger partial charge in [0.2, 0.25) is 5.91 Å². The molecule has 2 aromatic rings. The molecule has 0 atom stereocenters. The molecule has 0 saturated heterocycles. The van der Waals surface area contributed by atoms with Crippen molar-refractivity contribution in [3.05, 3.63) is 48.0 Å². The number of alkyl halides is 3. The Morgan fingerprint density at radius 3 is 2.56 bits per heavy atom. The minimum Gasteiger partial charge on any atom is -0.346 e. The second-order valence-corrected chi connectivity index (χ2v) is 6.80. The molecule has 0 aliphatic carbocycles. The van der Waals surface area contributed by atoms with E-state index in [2.05, 4.69) is 0 Å². The third kappa shape index (κ3) is 3.67. The van der Waals surface area contributed by atoms with E-state index in [4.69, 9.17) is 0 Å². The van der Waals surface area contributed by atoms with Crippen molar-refractivity contribution in [3.8, 4) is 0 Å². The van der Waals surface area contributed by atoms with E-state index in [0.29, 0.717) is 22.8 Å². The lowest BCUT2D eigenvalue weighted by molar-refractivity contribution is -0.650. The first-order valence-corrected chi connectivity index (χ1v) is 8.86. The van der Waals surface area contributed by atoms with Gasteiger partial charge in [-0.25, -0.2) is 0 Å². The molecule has 1 amide bonds. The van der Waals surface area contributed by atoms with Gasteiger partial charge in [0.05, 0.1) is 36.4 Å². The van der Waals surface area contributed by atoms with Gasteiger partial charge in [-0.1, -0.05) is 23.9 Å². The average molecular weight is 367 g/mol. The van der Waals surface area contributed by atoms with Gasteiger partial charge in [0.15, 0.2) is 0 Å². The van der Waals surface area contributed by atoms with Crippen LogP contribution in [0.25, 0.3) is 0 Å².